The number of halogens is 3. The highest BCUT2D eigenvalue weighted by Gasteiger charge is 2.33. The lowest BCUT2D eigenvalue weighted by atomic mass is 10.2. The van der Waals surface area contributed by atoms with Crippen LogP contribution in [0.15, 0.2) is 28.5 Å². The molecule has 0 bridgehead atoms. The number of hydrogen-bond donors (Lipinski definition) is 1. The maximum atomic E-state index is 12.6. The Morgan fingerprint density at radius 3 is 2.71 bits per heavy atom. The van der Waals surface area contributed by atoms with Crippen molar-refractivity contribution in [3.05, 3.63) is 45.0 Å². The van der Waals surface area contributed by atoms with Gasteiger partial charge in [-0.2, -0.15) is 13.2 Å². The van der Waals surface area contributed by atoms with Crippen LogP contribution >= 0.6 is 23.1 Å². The summed E-state index contributed by atoms with van der Waals surface area (Å²) in [7, 11) is 0. The predicted molar refractivity (Wildman–Crippen MR) is 84.3 cm³/mol. The largest absolute Gasteiger partial charge is 0.416 e. The number of benzene rings is 1. The molecule has 0 aliphatic heterocycles. The van der Waals surface area contributed by atoms with E-state index in [2.05, 4.69) is 10.3 Å². The molecule has 6 nitrogen and oxygen atoms in total. The van der Waals surface area contributed by atoms with E-state index < -0.39 is 28.3 Å². The molecule has 0 spiro atoms. The smallest absolute Gasteiger partial charge is 0.301 e. The minimum absolute atomic E-state index is 0.0153. The zero-order valence-electron chi connectivity index (χ0n) is 12.1. The van der Waals surface area contributed by atoms with Crippen LogP contribution in [0.5, 0.6) is 0 Å². The molecule has 1 heterocycles. The third-order valence-electron chi connectivity index (χ3n) is 2.71. The van der Waals surface area contributed by atoms with Crippen LogP contribution in [-0.2, 0) is 11.0 Å². The molecule has 2 rings (SSSR count). The Hall–Kier alpha value is -2.14. The van der Waals surface area contributed by atoms with E-state index in [0.29, 0.717) is 11.2 Å². The summed E-state index contributed by atoms with van der Waals surface area (Å²) >= 11 is 2.01. The second kappa shape index (κ2) is 7.18. The van der Waals surface area contributed by atoms with Gasteiger partial charge in [0.2, 0.25) is 5.91 Å². The first-order valence-corrected chi connectivity index (χ1v) is 8.24. The topological polar surface area (TPSA) is 85.1 Å². The number of hydrogen-bond acceptors (Lipinski definition) is 6. The molecule has 0 fully saturated rings. The Morgan fingerprint density at radius 1 is 1.46 bits per heavy atom. The number of nitrogens with one attached hydrogen (secondary N) is 1. The van der Waals surface area contributed by atoms with Crippen LogP contribution in [0.25, 0.3) is 0 Å². The number of amides is 1. The highest BCUT2D eigenvalue weighted by Crippen LogP contribution is 2.36. The lowest BCUT2D eigenvalue weighted by molar-refractivity contribution is -0.388. The number of carbonyl (C=O) groups excluding carboxylic acids is 1. The van der Waals surface area contributed by atoms with Gasteiger partial charge < -0.3 is 5.32 Å². The molecule has 0 radical (unpaired) electrons. The molecule has 1 amide bonds. The highest BCUT2D eigenvalue weighted by atomic mass is 32.2. The third kappa shape index (κ3) is 4.68. The van der Waals surface area contributed by atoms with Gasteiger partial charge in [0, 0.05) is 11.4 Å². The van der Waals surface area contributed by atoms with Gasteiger partial charge >= 0.3 is 6.18 Å². The standard InChI is InChI=1S/C13H10F3N3O3S2/c1-7-5-24-12(17-7)18-11(20)6-23-10-3-2-8(13(14,15)16)4-9(10)19(21)22/h2-5H,6H2,1H3,(H,17,18,20). The molecular formula is C13H10F3N3O3S2. The first kappa shape index (κ1) is 18.2. The van der Waals surface area contributed by atoms with E-state index in [0.717, 1.165) is 29.6 Å². The second-order valence-electron chi connectivity index (χ2n) is 4.57. The monoisotopic (exact) mass is 377 g/mol. The number of thioether (sulfide) groups is 1. The van der Waals surface area contributed by atoms with Gasteiger partial charge in [0.15, 0.2) is 5.13 Å². The number of anilines is 1. The van der Waals surface area contributed by atoms with E-state index in [1.165, 1.54) is 11.3 Å². The number of aryl methyl sites for hydroxylation is 1. The molecule has 0 atom stereocenters. The third-order valence-corrected chi connectivity index (χ3v) is 4.65. The Bertz CT molecular complexity index is 777. The van der Waals surface area contributed by atoms with Gasteiger partial charge in [0.05, 0.1) is 26.8 Å². The summed E-state index contributed by atoms with van der Waals surface area (Å²) in [6.07, 6.45) is -4.67. The molecule has 11 heteroatoms. The molecule has 1 aromatic carbocycles. The maximum absolute atomic E-state index is 12.6. The molecule has 0 aliphatic carbocycles. The fourth-order valence-electron chi connectivity index (χ4n) is 1.67. The van der Waals surface area contributed by atoms with E-state index in [1.807, 2.05) is 0 Å². The number of rotatable bonds is 5. The van der Waals surface area contributed by atoms with Crippen LogP contribution in [0, 0.1) is 17.0 Å². The number of nitro groups is 1. The first-order chi connectivity index (χ1) is 11.2. The van der Waals surface area contributed by atoms with E-state index >= 15 is 0 Å². The van der Waals surface area contributed by atoms with Crippen LogP contribution in [0.4, 0.5) is 24.0 Å². The molecule has 2 aromatic rings. The van der Waals surface area contributed by atoms with E-state index in [4.69, 9.17) is 0 Å². The van der Waals surface area contributed by atoms with Gasteiger partial charge in [-0.1, -0.05) is 0 Å². The van der Waals surface area contributed by atoms with E-state index in [9.17, 15) is 28.1 Å². The van der Waals surface area contributed by atoms with Crippen molar-refractivity contribution in [1.29, 1.82) is 0 Å². The van der Waals surface area contributed by atoms with E-state index in [-0.39, 0.29) is 10.6 Å². The lowest BCUT2D eigenvalue weighted by Gasteiger charge is -2.08. The zero-order chi connectivity index (χ0) is 17.9. The lowest BCUT2D eigenvalue weighted by Crippen LogP contribution is -2.14. The normalized spacial score (nSPS) is 11.3. The summed E-state index contributed by atoms with van der Waals surface area (Å²) in [6.45, 7) is 1.76. The van der Waals surface area contributed by atoms with Crippen molar-refractivity contribution in [2.75, 3.05) is 11.1 Å². The molecular weight excluding hydrogens is 367 g/mol. The zero-order valence-corrected chi connectivity index (χ0v) is 13.7. The highest BCUT2D eigenvalue weighted by molar-refractivity contribution is 8.00. The summed E-state index contributed by atoms with van der Waals surface area (Å²) < 4.78 is 37.9. The number of carbonyl (C=O) groups is 1. The average Bonchev–Trinajstić information content (AvgIpc) is 2.89. The van der Waals surface area contributed by atoms with Crippen molar-refractivity contribution >= 4 is 39.8 Å². The molecule has 0 unspecified atom stereocenters. The van der Waals surface area contributed by atoms with Crippen molar-refractivity contribution in [3.63, 3.8) is 0 Å². The Labute approximate surface area is 142 Å². The van der Waals surface area contributed by atoms with Crippen molar-refractivity contribution in [1.82, 2.24) is 4.98 Å². The molecule has 0 saturated carbocycles. The maximum Gasteiger partial charge on any atom is 0.416 e. The van der Waals surface area contributed by atoms with Crippen LogP contribution in [0.2, 0.25) is 0 Å². The van der Waals surface area contributed by atoms with Gasteiger partial charge in [0.1, 0.15) is 0 Å². The van der Waals surface area contributed by atoms with Crippen LogP contribution in [0.1, 0.15) is 11.3 Å². The average molecular weight is 377 g/mol. The number of nitrogens with zero attached hydrogens (tertiary/aromatic N) is 2. The Morgan fingerprint density at radius 2 is 2.17 bits per heavy atom. The molecule has 0 saturated heterocycles. The molecule has 1 aromatic heterocycles. The SMILES string of the molecule is Cc1csc(NC(=O)CSc2ccc(C(F)(F)F)cc2[N+](=O)[O-])n1. The number of nitro benzene ring substituents is 1. The van der Waals surface area contributed by atoms with Crippen molar-refractivity contribution < 1.29 is 22.9 Å². The Balaban J connectivity index is 2.08. The summed E-state index contributed by atoms with van der Waals surface area (Å²) in [6, 6.07) is 2.20. The number of aromatic nitrogens is 1. The fraction of sp³-hybridized carbons (Fsp3) is 0.231. The quantitative estimate of drug-likeness (QED) is 0.481. The molecule has 0 aliphatic rings. The predicted octanol–water partition coefficient (Wildman–Crippen LogP) is 4.11. The summed E-state index contributed by atoms with van der Waals surface area (Å²) in [4.78, 5) is 25.9. The fourth-order valence-corrected chi connectivity index (χ4v) is 3.18. The van der Waals surface area contributed by atoms with Gasteiger partial charge in [0.25, 0.3) is 5.69 Å². The van der Waals surface area contributed by atoms with Gasteiger partial charge in [-0.15, -0.1) is 23.1 Å². The van der Waals surface area contributed by atoms with Crippen LogP contribution < -0.4 is 5.32 Å². The molecule has 24 heavy (non-hydrogen) atoms. The second-order valence-corrected chi connectivity index (χ2v) is 6.44. The van der Waals surface area contributed by atoms with Gasteiger partial charge in [-0.3, -0.25) is 14.9 Å². The minimum atomic E-state index is -4.67. The van der Waals surface area contributed by atoms with Crippen molar-refractivity contribution in [2.24, 2.45) is 0 Å². The minimum Gasteiger partial charge on any atom is -0.301 e. The number of thiazole rings is 1. The van der Waals surface area contributed by atoms with Gasteiger partial charge in [-0.25, -0.2) is 4.98 Å². The molecule has 1 N–H and O–H groups in total. The van der Waals surface area contributed by atoms with Crippen LogP contribution in [-0.4, -0.2) is 21.6 Å². The summed E-state index contributed by atoms with van der Waals surface area (Å²) in [5.74, 6) is -0.645. The van der Waals surface area contributed by atoms with Gasteiger partial charge in [-0.05, 0) is 19.1 Å². The van der Waals surface area contributed by atoms with E-state index in [1.54, 1.807) is 12.3 Å². The number of alkyl halides is 3. The summed E-state index contributed by atoms with van der Waals surface area (Å²) in [5.41, 5.74) is -1.06. The van der Waals surface area contributed by atoms with Crippen molar-refractivity contribution in [2.45, 2.75) is 18.0 Å². The molecule has 128 valence electrons. The van der Waals surface area contributed by atoms with Crippen LogP contribution in [0.3, 0.4) is 0 Å². The summed E-state index contributed by atoms with van der Waals surface area (Å²) in [5, 5.41) is 15.6. The first-order valence-electron chi connectivity index (χ1n) is 6.37. The Kier molecular flexibility index (Phi) is 5.44. The van der Waals surface area contributed by atoms with Crippen molar-refractivity contribution in [3.8, 4) is 0 Å².